The summed E-state index contributed by atoms with van der Waals surface area (Å²) < 4.78 is 10.6. The zero-order valence-corrected chi connectivity index (χ0v) is 10.0. The van der Waals surface area contributed by atoms with Gasteiger partial charge in [0.05, 0.1) is 11.5 Å². The van der Waals surface area contributed by atoms with Crippen LogP contribution in [-0.2, 0) is 11.3 Å². The van der Waals surface area contributed by atoms with Gasteiger partial charge in [-0.25, -0.2) is 0 Å². The molecule has 0 amide bonds. The Morgan fingerprint density at radius 1 is 1.44 bits per heavy atom. The number of benzene rings is 1. The molecule has 6 nitrogen and oxygen atoms in total. The first kappa shape index (κ1) is 12.8. The number of ether oxygens (including phenoxy) is 2. The third kappa shape index (κ3) is 3.41. The minimum absolute atomic E-state index is 0.0331. The fraction of sp³-hybridized carbons (Fsp3) is 0.500. The summed E-state index contributed by atoms with van der Waals surface area (Å²) in [5.41, 5.74) is 6.21. The number of hydrogen-bond acceptors (Lipinski definition) is 5. The molecule has 0 atom stereocenters. The Balaban J connectivity index is 1.95. The van der Waals surface area contributed by atoms with Crippen molar-refractivity contribution in [1.29, 1.82) is 0 Å². The second-order valence-electron chi connectivity index (χ2n) is 4.34. The molecule has 1 saturated carbocycles. The molecule has 6 heteroatoms. The van der Waals surface area contributed by atoms with Gasteiger partial charge in [-0.1, -0.05) is 6.07 Å². The Bertz CT molecular complexity index is 432. The lowest BCUT2D eigenvalue weighted by atomic mass is 10.2. The van der Waals surface area contributed by atoms with E-state index in [1.165, 1.54) is 18.9 Å². The molecule has 0 unspecified atom stereocenters. The van der Waals surface area contributed by atoms with Crippen molar-refractivity contribution in [3.05, 3.63) is 33.9 Å². The van der Waals surface area contributed by atoms with Gasteiger partial charge in [-0.3, -0.25) is 10.1 Å². The van der Waals surface area contributed by atoms with E-state index in [9.17, 15) is 10.1 Å². The first-order valence-electron chi connectivity index (χ1n) is 5.88. The van der Waals surface area contributed by atoms with Crippen LogP contribution < -0.4 is 10.5 Å². The second-order valence-corrected chi connectivity index (χ2v) is 4.34. The Morgan fingerprint density at radius 3 is 2.83 bits per heavy atom. The largest absolute Gasteiger partial charge is 0.460 e. The molecule has 18 heavy (non-hydrogen) atoms. The molecule has 0 aliphatic heterocycles. The van der Waals surface area contributed by atoms with Crippen LogP contribution in [0.5, 0.6) is 5.75 Å². The maximum absolute atomic E-state index is 10.8. The number of nitrogens with zero attached hydrogens (tertiary/aromatic N) is 1. The lowest BCUT2D eigenvalue weighted by molar-refractivity contribution is -0.386. The third-order valence-electron chi connectivity index (χ3n) is 2.80. The van der Waals surface area contributed by atoms with Gasteiger partial charge in [-0.2, -0.15) is 0 Å². The Kier molecular flexibility index (Phi) is 4.11. The van der Waals surface area contributed by atoms with Crippen LogP contribution in [0.25, 0.3) is 0 Å². The molecule has 1 aliphatic rings. The smallest absolute Gasteiger partial charge is 0.311 e. The predicted molar refractivity (Wildman–Crippen MR) is 65.2 cm³/mol. The summed E-state index contributed by atoms with van der Waals surface area (Å²) in [6, 6.07) is 4.60. The summed E-state index contributed by atoms with van der Waals surface area (Å²) >= 11 is 0. The first-order valence-corrected chi connectivity index (χ1v) is 5.88. The SMILES string of the molecule is NCc1ccc([N+](=O)[O-])c(OCOCC2CC2)c1. The van der Waals surface area contributed by atoms with E-state index in [-0.39, 0.29) is 18.2 Å². The molecular weight excluding hydrogens is 236 g/mol. The molecule has 1 aromatic rings. The average molecular weight is 252 g/mol. The summed E-state index contributed by atoms with van der Waals surface area (Å²) in [4.78, 5) is 10.4. The fourth-order valence-electron chi connectivity index (χ4n) is 1.56. The van der Waals surface area contributed by atoms with Gasteiger partial charge >= 0.3 is 5.69 Å². The monoisotopic (exact) mass is 252 g/mol. The predicted octanol–water partition coefficient (Wildman–Crippen LogP) is 1.82. The van der Waals surface area contributed by atoms with Crippen LogP contribution in [0.15, 0.2) is 18.2 Å². The minimum atomic E-state index is -0.476. The Morgan fingerprint density at radius 2 is 2.22 bits per heavy atom. The summed E-state index contributed by atoms with van der Waals surface area (Å²) in [7, 11) is 0. The van der Waals surface area contributed by atoms with Crippen LogP contribution >= 0.6 is 0 Å². The van der Waals surface area contributed by atoms with Crippen LogP contribution in [0.2, 0.25) is 0 Å². The van der Waals surface area contributed by atoms with E-state index in [1.54, 1.807) is 12.1 Å². The van der Waals surface area contributed by atoms with Gasteiger partial charge in [-0.15, -0.1) is 0 Å². The van der Waals surface area contributed by atoms with Gasteiger partial charge < -0.3 is 15.2 Å². The molecule has 1 aromatic carbocycles. The molecule has 98 valence electrons. The van der Waals surface area contributed by atoms with Crippen molar-refractivity contribution >= 4 is 5.69 Å². The zero-order valence-electron chi connectivity index (χ0n) is 10.0. The van der Waals surface area contributed by atoms with E-state index in [1.807, 2.05) is 0 Å². The summed E-state index contributed by atoms with van der Waals surface area (Å²) in [5, 5.41) is 10.8. The molecule has 2 rings (SSSR count). The number of hydrogen-bond donors (Lipinski definition) is 1. The van der Waals surface area contributed by atoms with Gasteiger partial charge in [0.1, 0.15) is 0 Å². The van der Waals surface area contributed by atoms with Gasteiger partial charge in [0.2, 0.25) is 0 Å². The van der Waals surface area contributed by atoms with Gasteiger partial charge in [0.15, 0.2) is 12.5 Å². The number of nitrogens with two attached hydrogens (primary N) is 1. The maximum atomic E-state index is 10.8. The lowest BCUT2D eigenvalue weighted by Crippen LogP contribution is -2.07. The highest BCUT2D eigenvalue weighted by Gasteiger charge is 2.21. The second kappa shape index (κ2) is 5.79. The number of rotatable bonds is 7. The van der Waals surface area contributed by atoms with Crippen LogP contribution in [0.3, 0.4) is 0 Å². The third-order valence-corrected chi connectivity index (χ3v) is 2.80. The summed E-state index contributed by atoms with van der Waals surface area (Å²) in [6.07, 6.45) is 2.39. The number of nitro groups is 1. The van der Waals surface area contributed by atoms with Crippen molar-refractivity contribution in [3.63, 3.8) is 0 Å². The standard InChI is InChI=1S/C12H16N2O4/c13-6-10-3-4-11(14(15)16)12(5-10)18-8-17-7-9-1-2-9/h3-5,9H,1-2,6-8,13H2. The van der Waals surface area contributed by atoms with Crippen molar-refractivity contribution in [2.45, 2.75) is 19.4 Å². The highest BCUT2D eigenvalue weighted by atomic mass is 16.7. The van der Waals surface area contributed by atoms with Crippen LogP contribution in [0.1, 0.15) is 18.4 Å². The van der Waals surface area contributed by atoms with Gasteiger partial charge in [0, 0.05) is 12.6 Å². The van der Waals surface area contributed by atoms with Crippen molar-refractivity contribution in [2.24, 2.45) is 11.7 Å². The fourth-order valence-corrected chi connectivity index (χ4v) is 1.56. The molecule has 0 bridgehead atoms. The van der Waals surface area contributed by atoms with Crippen LogP contribution in [0, 0.1) is 16.0 Å². The zero-order chi connectivity index (χ0) is 13.0. The lowest BCUT2D eigenvalue weighted by Gasteiger charge is -2.08. The first-order chi connectivity index (χ1) is 8.70. The van der Waals surface area contributed by atoms with Crippen molar-refractivity contribution < 1.29 is 14.4 Å². The molecule has 0 spiro atoms. The molecule has 1 fully saturated rings. The summed E-state index contributed by atoms with van der Waals surface area (Å²) in [5.74, 6) is 0.845. The van der Waals surface area contributed by atoms with E-state index in [4.69, 9.17) is 15.2 Å². The quantitative estimate of drug-likeness (QED) is 0.346. The van der Waals surface area contributed by atoms with Crippen LogP contribution in [0.4, 0.5) is 5.69 Å². The highest BCUT2D eigenvalue weighted by molar-refractivity contribution is 5.48. The molecule has 0 aromatic heterocycles. The van der Waals surface area contributed by atoms with E-state index in [2.05, 4.69) is 0 Å². The van der Waals surface area contributed by atoms with Gasteiger partial charge in [0.25, 0.3) is 0 Å². The maximum Gasteiger partial charge on any atom is 0.311 e. The Hall–Kier alpha value is -1.66. The van der Waals surface area contributed by atoms with Crippen molar-refractivity contribution in [2.75, 3.05) is 13.4 Å². The number of nitro benzene ring substituents is 1. The molecule has 0 heterocycles. The normalized spacial score (nSPS) is 14.5. The minimum Gasteiger partial charge on any atom is -0.460 e. The van der Waals surface area contributed by atoms with Gasteiger partial charge in [-0.05, 0) is 30.4 Å². The molecule has 1 aliphatic carbocycles. The Labute approximate surface area is 105 Å². The van der Waals surface area contributed by atoms with E-state index in [0.29, 0.717) is 19.1 Å². The van der Waals surface area contributed by atoms with E-state index >= 15 is 0 Å². The van der Waals surface area contributed by atoms with Crippen molar-refractivity contribution in [1.82, 2.24) is 0 Å². The summed E-state index contributed by atoms with van der Waals surface area (Å²) in [6.45, 7) is 1.01. The van der Waals surface area contributed by atoms with Crippen LogP contribution in [-0.4, -0.2) is 18.3 Å². The van der Waals surface area contributed by atoms with Crippen molar-refractivity contribution in [3.8, 4) is 5.75 Å². The van der Waals surface area contributed by atoms with E-state index < -0.39 is 4.92 Å². The topological polar surface area (TPSA) is 87.6 Å². The average Bonchev–Trinajstić information content (AvgIpc) is 3.18. The molecular formula is C12H16N2O4. The molecule has 0 radical (unpaired) electrons. The molecule has 2 N–H and O–H groups in total. The highest BCUT2D eigenvalue weighted by Crippen LogP contribution is 2.30. The molecule has 0 saturated heterocycles. The van der Waals surface area contributed by atoms with E-state index in [0.717, 1.165) is 5.56 Å².